The van der Waals surface area contributed by atoms with E-state index in [1.54, 1.807) is 11.8 Å². The van der Waals surface area contributed by atoms with Crippen molar-refractivity contribution in [1.82, 2.24) is 10.2 Å². The fraction of sp³-hybridized carbons (Fsp3) is 0.727. The number of ether oxygens (including phenoxy) is 1. The van der Waals surface area contributed by atoms with Crippen LogP contribution in [0.2, 0.25) is 0 Å². The third-order valence-corrected chi connectivity index (χ3v) is 2.78. The molecule has 0 atom stereocenters. The highest BCUT2D eigenvalue weighted by molar-refractivity contribution is 5.94. The molecule has 0 bridgehead atoms. The van der Waals surface area contributed by atoms with Crippen molar-refractivity contribution in [3.63, 3.8) is 0 Å². The van der Waals surface area contributed by atoms with E-state index in [9.17, 15) is 14.4 Å². The van der Waals surface area contributed by atoms with Crippen molar-refractivity contribution in [1.29, 1.82) is 0 Å². The largest absolute Gasteiger partial charge is 0.466 e. The first kappa shape index (κ1) is 14.3. The van der Waals surface area contributed by atoms with Crippen molar-refractivity contribution in [2.75, 3.05) is 19.7 Å². The molecule has 0 spiro atoms. The van der Waals surface area contributed by atoms with Gasteiger partial charge >= 0.3 is 12.1 Å². The Morgan fingerprint density at radius 1 is 1.33 bits per heavy atom. The van der Waals surface area contributed by atoms with Crippen molar-refractivity contribution >= 4 is 18.0 Å². The second kappa shape index (κ2) is 6.83. The third kappa shape index (κ3) is 4.60. The molecule has 0 aromatic heterocycles. The molecule has 1 rings (SSSR count). The zero-order chi connectivity index (χ0) is 13.5. The molecule has 0 unspecified atom stereocenters. The average molecular weight is 258 g/mol. The molecule has 1 saturated heterocycles. The molecular weight excluding hydrogens is 240 g/mol. The van der Waals surface area contributed by atoms with E-state index in [1.807, 2.05) is 0 Å². The van der Waals surface area contributed by atoms with Crippen molar-refractivity contribution in [2.24, 2.45) is 0 Å². The van der Waals surface area contributed by atoms with E-state index in [4.69, 9.17) is 9.84 Å². The lowest BCUT2D eigenvalue weighted by atomic mass is 10.1. The minimum atomic E-state index is -1.05. The Labute approximate surface area is 105 Å². The summed E-state index contributed by atoms with van der Waals surface area (Å²) in [5, 5.41) is 11.0. The number of nitrogens with one attached hydrogen (secondary N) is 1. The van der Waals surface area contributed by atoms with Crippen LogP contribution in [0.15, 0.2) is 0 Å². The standard InChI is InChI=1S/C11H18N2O5/c1-2-18-10(15)7-9(14)13-5-3-8(4-6-13)12-11(16)17/h8,12H,2-7H2,1H3,(H,16,17). The highest BCUT2D eigenvalue weighted by Crippen LogP contribution is 2.11. The second-order valence-electron chi connectivity index (χ2n) is 4.09. The average Bonchev–Trinajstić information content (AvgIpc) is 2.29. The predicted molar refractivity (Wildman–Crippen MR) is 62.0 cm³/mol. The van der Waals surface area contributed by atoms with Gasteiger partial charge in [0.1, 0.15) is 6.42 Å². The van der Waals surface area contributed by atoms with E-state index >= 15 is 0 Å². The van der Waals surface area contributed by atoms with Gasteiger partial charge < -0.3 is 20.1 Å². The molecule has 0 aliphatic carbocycles. The molecule has 1 aliphatic heterocycles. The molecule has 102 valence electrons. The highest BCUT2D eigenvalue weighted by Gasteiger charge is 2.25. The van der Waals surface area contributed by atoms with Gasteiger partial charge in [-0.15, -0.1) is 0 Å². The summed E-state index contributed by atoms with van der Waals surface area (Å²) < 4.78 is 4.70. The first-order valence-corrected chi connectivity index (χ1v) is 5.95. The van der Waals surface area contributed by atoms with E-state index in [1.165, 1.54) is 0 Å². The van der Waals surface area contributed by atoms with Crippen LogP contribution in [0.25, 0.3) is 0 Å². The number of nitrogens with zero attached hydrogens (tertiary/aromatic N) is 1. The van der Waals surface area contributed by atoms with Gasteiger partial charge in [0.25, 0.3) is 0 Å². The van der Waals surface area contributed by atoms with Crippen LogP contribution in [0.1, 0.15) is 26.2 Å². The number of carbonyl (C=O) groups is 3. The smallest absolute Gasteiger partial charge is 0.404 e. The Kier molecular flexibility index (Phi) is 5.41. The van der Waals surface area contributed by atoms with Gasteiger partial charge in [-0.3, -0.25) is 9.59 Å². The summed E-state index contributed by atoms with van der Waals surface area (Å²) in [6.45, 7) is 2.87. The summed E-state index contributed by atoms with van der Waals surface area (Å²) in [4.78, 5) is 34.9. The van der Waals surface area contributed by atoms with Crippen LogP contribution in [0.5, 0.6) is 0 Å². The monoisotopic (exact) mass is 258 g/mol. The first-order valence-electron chi connectivity index (χ1n) is 5.95. The molecule has 0 radical (unpaired) electrons. The van der Waals surface area contributed by atoms with Crippen LogP contribution in [0.4, 0.5) is 4.79 Å². The maximum atomic E-state index is 11.7. The zero-order valence-electron chi connectivity index (χ0n) is 10.3. The quantitative estimate of drug-likeness (QED) is 0.554. The minimum absolute atomic E-state index is 0.117. The summed E-state index contributed by atoms with van der Waals surface area (Å²) in [6.07, 6.45) is -0.154. The van der Waals surface area contributed by atoms with E-state index in [2.05, 4.69) is 5.32 Å². The number of rotatable bonds is 4. The number of esters is 1. The predicted octanol–water partition coefficient (Wildman–Crippen LogP) is 0.198. The summed E-state index contributed by atoms with van der Waals surface area (Å²) in [7, 11) is 0. The Bertz CT molecular complexity index is 323. The number of hydrogen-bond donors (Lipinski definition) is 2. The van der Waals surface area contributed by atoms with Gasteiger partial charge in [-0.05, 0) is 19.8 Å². The third-order valence-electron chi connectivity index (χ3n) is 2.78. The number of carboxylic acid groups (broad SMARTS) is 1. The molecule has 7 nitrogen and oxygen atoms in total. The highest BCUT2D eigenvalue weighted by atomic mass is 16.5. The molecule has 18 heavy (non-hydrogen) atoms. The van der Waals surface area contributed by atoms with E-state index in [0.717, 1.165) is 0 Å². The maximum absolute atomic E-state index is 11.7. The molecule has 1 aliphatic rings. The topological polar surface area (TPSA) is 95.9 Å². The first-order chi connectivity index (χ1) is 8.52. The van der Waals surface area contributed by atoms with Gasteiger partial charge in [-0.2, -0.15) is 0 Å². The lowest BCUT2D eigenvalue weighted by Gasteiger charge is -2.31. The fourth-order valence-electron chi connectivity index (χ4n) is 1.90. The maximum Gasteiger partial charge on any atom is 0.404 e. The Balaban J connectivity index is 2.31. The summed E-state index contributed by atoms with van der Waals surface area (Å²) >= 11 is 0. The van der Waals surface area contributed by atoms with Gasteiger partial charge in [0.05, 0.1) is 6.61 Å². The molecule has 2 N–H and O–H groups in total. The van der Waals surface area contributed by atoms with Crippen molar-refractivity contribution in [3.8, 4) is 0 Å². The number of likely N-dealkylation sites (tertiary alicyclic amines) is 1. The number of amides is 2. The van der Waals surface area contributed by atoms with E-state index in [-0.39, 0.29) is 25.0 Å². The Hall–Kier alpha value is -1.79. The normalized spacial score (nSPS) is 16.2. The Morgan fingerprint density at radius 3 is 2.44 bits per heavy atom. The SMILES string of the molecule is CCOC(=O)CC(=O)N1CCC(NC(=O)O)CC1. The molecular formula is C11H18N2O5. The van der Waals surface area contributed by atoms with Crippen LogP contribution in [-0.4, -0.2) is 53.7 Å². The van der Waals surface area contributed by atoms with Crippen molar-refractivity contribution < 1.29 is 24.2 Å². The molecule has 0 aromatic rings. The van der Waals surface area contributed by atoms with Gasteiger partial charge in [0.15, 0.2) is 0 Å². The number of carbonyl (C=O) groups excluding carboxylic acids is 2. The molecule has 0 aromatic carbocycles. The van der Waals surface area contributed by atoms with Crippen LogP contribution in [0, 0.1) is 0 Å². The zero-order valence-corrected chi connectivity index (χ0v) is 10.3. The van der Waals surface area contributed by atoms with Crippen LogP contribution < -0.4 is 5.32 Å². The number of piperidine rings is 1. The minimum Gasteiger partial charge on any atom is -0.466 e. The molecule has 7 heteroatoms. The fourth-order valence-corrected chi connectivity index (χ4v) is 1.90. The van der Waals surface area contributed by atoms with Crippen LogP contribution in [0.3, 0.4) is 0 Å². The van der Waals surface area contributed by atoms with Gasteiger partial charge in [0, 0.05) is 19.1 Å². The molecule has 2 amide bonds. The lowest BCUT2D eigenvalue weighted by Crippen LogP contribution is -2.46. The lowest BCUT2D eigenvalue weighted by molar-refractivity contribution is -0.149. The van der Waals surface area contributed by atoms with Gasteiger partial charge in [0.2, 0.25) is 5.91 Å². The Morgan fingerprint density at radius 2 is 1.94 bits per heavy atom. The summed E-state index contributed by atoms with van der Waals surface area (Å²) in [6, 6.07) is -0.117. The van der Waals surface area contributed by atoms with Gasteiger partial charge in [-0.1, -0.05) is 0 Å². The number of hydrogen-bond acceptors (Lipinski definition) is 4. The second-order valence-corrected chi connectivity index (χ2v) is 4.09. The van der Waals surface area contributed by atoms with Crippen LogP contribution >= 0.6 is 0 Å². The summed E-state index contributed by atoms with van der Waals surface area (Å²) in [5.41, 5.74) is 0. The van der Waals surface area contributed by atoms with Crippen molar-refractivity contribution in [3.05, 3.63) is 0 Å². The molecule has 1 fully saturated rings. The van der Waals surface area contributed by atoms with E-state index < -0.39 is 12.1 Å². The van der Waals surface area contributed by atoms with Gasteiger partial charge in [-0.25, -0.2) is 4.79 Å². The van der Waals surface area contributed by atoms with E-state index in [0.29, 0.717) is 25.9 Å². The van der Waals surface area contributed by atoms with Crippen LogP contribution in [-0.2, 0) is 14.3 Å². The van der Waals surface area contributed by atoms with Crippen molar-refractivity contribution in [2.45, 2.75) is 32.2 Å². The summed E-state index contributed by atoms with van der Waals surface area (Å²) in [5.74, 6) is -0.782. The molecule has 1 heterocycles. The molecule has 0 saturated carbocycles.